The van der Waals surface area contributed by atoms with Crippen molar-refractivity contribution in [2.45, 2.75) is 83.8 Å². The minimum atomic E-state index is -1.44. The van der Waals surface area contributed by atoms with Gasteiger partial charge in [0, 0.05) is 5.92 Å². The highest BCUT2D eigenvalue weighted by molar-refractivity contribution is 5.19. The van der Waals surface area contributed by atoms with Crippen molar-refractivity contribution in [2.24, 2.45) is 22.7 Å². The molecule has 3 aliphatic rings. The van der Waals surface area contributed by atoms with Gasteiger partial charge in [-0.2, -0.15) is 0 Å². The lowest BCUT2D eigenvalue weighted by molar-refractivity contribution is -0.327. The molecule has 0 aromatic heterocycles. The Balaban J connectivity index is 1.80. The Morgan fingerprint density at radius 3 is 2.36 bits per heavy atom. The van der Waals surface area contributed by atoms with Crippen molar-refractivity contribution in [3.63, 3.8) is 0 Å². The Labute approximate surface area is 167 Å². The Hall–Kier alpha value is -0.540. The lowest BCUT2D eigenvalue weighted by Crippen LogP contribution is -2.62. The number of rotatable bonds is 4. The number of ether oxygens (including phenoxy) is 2. The molecule has 2 aliphatic carbocycles. The fourth-order valence-corrected chi connectivity index (χ4v) is 5.96. The van der Waals surface area contributed by atoms with Crippen molar-refractivity contribution in [1.29, 1.82) is 0 Å². The average Bonchev–Trinajstić information content (AvgIpc) is 2.64. The van der Waals surface area contributed by atoms with Gasteiger partial charge in [0.1, 0.15) is 24.4 Å². The second kappa shape index (κ2) is 7.95. The van der Waals surface area contributed by atoms with Gasteiger partial charge in [0.15, 0.2) is 6.29 Å². The van der Waals surface area contributed by atoms with Crippen LogP contribution in [0, 0.1) is 22.7 Å². The van der Waals surface area contributed by atoms with Crippen molar-refractivity contribution in [3.8, 4) is 0 Å². The van der Waals surface area contributed by atoms with Crippen molar-refractivity contribution >= 4 is 0 Å². The van der Waals surface area contributed by atoms with E-state index in [0.29, 0.717) is 0 Å². The molecule has 1 saturated heterocycles. The number of aliphatic hydroxyl groups excluding tert-OH is 5. The molecule has 7 heteroatoms. The molecular formula is C21H36O7. The molecule has 0 spiro atoms. The fourth-order valence-electron chi connectivity index (χ4n) is 5.96. The number of hydrogen-bond donors (Lipinski definition) is 5. The van der Waals surface area contributed by atoms with Gasteiger partial charge < -0.3 is 35.0 Å². The minimum absolute atomic E-state index is 0.0354. The van der Waals surface area contributed by atoms with E-state index in [0.717, 1.165) is 19.3 Å². The molecule has 0 aromatic carbocycles. The summed E-state index contributed by atoms with van der Waals surface area (Å²) in [7, 11) is 0. The SMILES string of the molecule is CC1=CCC2C(C)(C)C(OC3OC(CO)C(O)C(O)C3O)CCC2(C)C1CO. The van der Waals surface area contributed by atoms with Gasteiger partial charge in [-0.05, 0) is 42.9 Å². The van der Waals surface area contributed by atoms with E-state index in [-0.39, 0.29) is 35.4 Å². The van der Waals surface area contributed by atoms with Crippen LogP contribution in [0.4, 0.5) is 0 Å². The van der Waals surface area contributed by atoms with Crippen molar-refractivity contribution in [2.75, 3.05) is 13.2 Å². The molecular weight excluding hydrogens is 364 g/mol. The molecule has 162 valence electrons. The van der Waals surface area contributed by atoms with Crippen LogP contribution in [0.1, 0.15) is 47.0 Å². The molecule has 7 nitrogen and oxygen atoms in total. The van der Waals surface area contributed by atoms with Gasteiger partial charge in [0.25, 0.3) is 0 Å². The van der Waals surface area contributed by atoms with Crippen LogP contribution in [0.15, 0.2) is 11.6 Å². The summed E-state index contributed by atoms with van der Waals surface area (Å²) in [5.41, 5.74) is 0.952. The Morgan fingerprint density at radius 1 is 1.07 bits per heavy atom. The standard InChI is InChI=1S/C21H36O7/c1-11-5-6-14-20(2,3)15(7-8-21(14,4)12(11)9-22)28-19-18(26)17(25)16(24)13(10-23)27-19/h5,12-19,22-26H,6-10H2,1-4H3. The van der Waals surface area contributed by atoms with Gasteiger partial charge in [0.2, 0.25) is 0 Å². The Morgan fingerprint density at radius 2 is 1.75 bits per heavy atom. The van der Waals surface area contributed by atoms with Gasteiger partial charge >= 0.3 is 0 Å². The molecule has 28 heavy (non-hydrogen) atoms. The summed E-state index contributed by atoms with van der Waals surface area (Å²) in [6.45, 7) is 8.29. The van der Waals surface area contributed by atoms with Gasteiger partial charge in [-0.25, -0.2) is 0 Å². The Kier molecular flexibility index (Phi) is 6.29. The van der Waals surface area contributed by atoms with Crippen molar-refractivity contribution < 1.29 is 35.0 Å². The number of aliphatic hydroxyl groups is 5. The van der Waals surface area contributed by atoms with E-state index in [1.165, 1.54) is 5.57 Å². The predicted octanol–water partition coefficient (Wildman–Crippen LogP) is 0.572. The summed E-state index contributed by atoms with van der Waals surface area (Å²) in [4.78, 5) is 0. The van der Waals surface area contributed by atoms with E-state index in [1.54, 1.807) is 0 Å². The molecule has 1 saturated carbocycles. The third-order valence-corrected chi connectivity index (χ3v) is 7.82. The van der Waals surface area contributed by atoms with Crippen LogP contribution in [-0.4, -0.2) is 75.6 Å². The summed E-state index contributed by atoms with van der Waals surface area (Å²) >= 11 is 0. The first-order valence-electron chi connectivity index (χ1n) is 10.3. The lowest BCUT2D eigenvalue weighted by Gasteiger charge is -2.59. The summed E-state index contributed by atoms with van der Waals surface area (Å²) in [6, 6.07) is 0. The molecule has 1 aliphatic heterocycles. The zero-order chi connectivity index (χ0) is 20.9. The van der Waals surface area contributed by atoms with Gasteiger partial charge in [-0.15, -0.1) is 0 Å². The van der Waals surface area contributed by atoms with Crippen LogP contribution in [0.25, 0.3) is 0 Å². The number of fused-ring (bicyclic) bond motifs is 1. The first kappa shape index (κ1) is 22.2. The van der Waals surface area contributed by atoms with Crippen LogP contribution in [0.3, 0.4) is 0 Å². The van der Waals surface area contributed by atoms with Gasteiger partial charge in [-0.3, -0.25) is 0 Å². The summed E-state index contributed by atoms with van der Waals surface area (Å²) in [5.74, 6) is 0.406. The monoisotopic (exact) mass is 400 g/mol. The molecule has 0 amide bonds. The number of allylic oxidation sites excluding steroid dienone is 1. The molecule has 0 bridgehead atoms. The third-order valence-electron chi connectivity index (χ3n) is 7.82. The van der Waals surface area contributed by atoms with Gasteiger partial charge in [0.05, 0.1) is 19.3 Å². The predicted molar refractivity (Wildman–Crippen MR) is 102 cm³/mol. The van der Waals surface area contributed by atoms with E-state index >= 15 is 0 Å². The third kappa shape index (κ3) is 3.45. The highest BCUT2D eigenvalue weighted by Crippen LogP contribution is 2.60. The van der Waals surface area contributed by atoms with Crippen molar-refractivity contribution in [1.82, 2.24) is 0 Å². The Bertz CT molecular complexity index is 589. The van der Waals surface area contributed by atoms with Crippen LogP contribution < -0.4 is 0 Å². The van der Waals surface area contributed by atoms with Gasteiger partial charge in [-0.1, -0.05) is 32.4 Å². The second-order valence-corrected chi connectivity index (χ2v) is 9.66. The van der Waals surface area contributed by atoms with Crippen LogP contribution in [0.2, 0.25) is 0 Å². The smallest absolute Gasteiger partial charge is 0.186 e. The van der Waals surface area contributed by atoms with Crippen LogP contribution >= 0.6 is 0 Å². The summed E-state index contributed by atoms with van der Waals surface area (Å²) < 4.78 is 11.7. The first-order chi connectivity index (χ1) is 13.1. The molecule has 0 radical (unpaired) electrons. The average molecular weight is 401 g/mol. The summed E-state index contributed by atoms with van der Waals surface area (Å²) in [6.07, 6.45) is -1.80. The van der Waals surface area contributed by atoms with E-state index < -0.39 is 37.3 Å². The maximum atomic E-state index is 10.3. The highest BCUT2D eigenvalue weighted by Gasteiger charge is 2.57. The molecule has 9 atom stereocenters. The zero-order valence-corrected chi connectivity index (χ0v) is 17.3. The lowest BCUT2D eigenvalue weighted by atomic mass is 9.48. The fraction of sp³-hybridized carbons (Fsp3) is 0.905. The van der Waals surface area contributed by atoms with E-state index in [9.17, 15) is 25.5 Å². The molecule has 5 N–H and O–H groups in total. The van der Waals surface area contributed by atoms with Crippen molar-refractivity contribution in [3.05, 3.63) is 11.6 Å². The van der Waals surface area contributed by atoms with E-state index in [4.69, 9.17) is 9.47 Å². The van der Waals surface area contributed by atoms with E-state index in [2.05, 4.69) is 33.8 Å². The minimum Gasteiger partial charge on any atom is -0.396 e. The normalized spacial score (nSPS) is 48.7. The molecule has 3 rings (SSSR count). The maximum absolute atomic E-state index is 10.3. The zero-order valence-electron chi connectivity index (χ0n) is 17.3. The second-order valence-electron chi connectivity index (χ2n) is 9.66. The van der Waals surface area contributed by atoms with Crippen LogP contribution in [0.5, 0.6) is 0 Å². The van der Waals surface area contributed by atoms with Crippen LogP contribution in [-0.2, 0) is 9.47 Å². The molecule has 9 unspecified atom stereocenters. The topological polar surface area (TPSA) is 120 Å². The molecule has 2 fully saturated rings. The van der Waals surface area contributed by atoms with E-state index in [1.807, 2.05) is 0 Å². The summed E-state index contributed by atoms with van der Waals surface area (Å²) in [5, 5.41) is 49.8. The highest BCUT2D eigenvalue weighted by atomic mass is 16.7. The number of hydrogen-bond acceptors (Lipinski definition) is 7. The largest absolute Gasteiger partial charge is 0.396 e. The maximum Gasteiger partial charge on any atom is 0.186 e. The first-order valence-corrected chi connectivity index (χ1v) is 10.3. The quantitative estimate of drug-likeness (QED) is 0.438. The molecule has 1 heterocycles. The molecule has 0 aromatic rings.